The van der Waals surface area contributed by atoms with Crippen LogP contribution in [0.15, 0.2) is 72.3 Å². The highest BCUT2D eigenvalue weighted by atomic mass is 16.2. The SMILES string of the molecule is C=CC(=O)N1C/C(=C\c2ccc(N(C)C)cc2)C(=O)/C(=C/c2ccc(N(C)C)cc2)C1. The lowest BCUT2D eigenvalue weighted by atomic mass is 9.94. The van der Waals surface area contributed by atoms with Gasteiger partial charge >= 0.3 is 0 Å². The first kappa shape index (κ1) is 22.1. The van der Waals surface area contributed by atoms with Crippen LogP contribution in [0.4, 0.5) is 11.4 Å². The molecule has 0 aromatic heterocycles. The molecule has 1 saturated heterocycles. The van der Waals surface area contributed by atoms with Crippen LogP contribution in [0.3, 0.4) is 0 Å². The Balaban J connectivity index is 1.94. The lowest BCUT2D eigenvalue weighted by Gasteiger charge is -2.29. The summed E-state index contributed by atoms with van der Waals surface area (Å²) in [6, 6.07) is 16.0. The summed E-state index contributed by atoms with van der Waals surface area (Å²) in [5.41, 5.74) is 5.21. The molecule has 1 aliphatic heterocycles. The molecule has 5 heteroatoms. The molecule has 0 radical (unpaired) electrons. The van der Waals surface area contributed by atoms with Crippen molar-refractivity contribution in [3.63, 3.8) is 0 Å². The normalized spacial score (nSPS) is 16.5. The Bertz CT molecular complexity index is 956. The molecule has 5 nitrogen and oxygen atoms in total. The highest BCUT2D eigenvalue weighted by Gasteiger charge is 2.28. The Labute approximate surface area is 184 Å². The molecule has 0 spiro atoms. The largest absolute Gasteiger partial charge is 0.378 e. The minimum absolute atomic E-state index is 0.0264. The zero-order chi connectivity index (χ0) is 22.5. The highest BCUT2D eigenvalue weighted by Crippen LogP contribution is 2.24. The van der Waals surface area contributed by atoms with Crippen LogP contribution in [0.25, 0.3) is 12.2 Å². The van der Waals surface area contributed by atoms with E-state index in [0.717, 1.165) is 22.5 Å². The summed E-state index contributed by atoms with van der Waals surface area (Å²) >= 11 is 0. The lowest BCUT2D eigenvalue weighted by molar-refractivity contribution is -0.126. The number of likely N-dealkylation sites (tertiary alicyclic amines) is 1. The van der Waals surface area contributed by atoms with E-state index in [2.05, 4.69) is 6.58 Å². The van der Waals surface area contributed by atoms with Crippen LogP contribution in [0.5, 0.6) is 0 Å². The maximum Gasteiger partial charge on any atom is 0.246 e. The quantitative estimate of drug-likeness (QED) is 0.695. The van der Waals surface area contributed by atoms with Gasteiger partial charge in [-0.1, -0.05) is 30.8 Å². The number of rotatable bonds is 5. The second kappa shape index (κ2) is 9.47. The maximum atomic E-state index is 13.2. The molecular formula is C26H29N3O2. The standard InChI is InChI=1S/C26H29N3O2/c1-6-25(30)29-17-21(15-19-7-11-23(12-8-19)27(2)3)26(31)22(18-29)16-20-9-13-24(14-10-20)28(4)5/h6-16H,1,17-18H2,2-5H3/b21-15+,22-16+. The summed E-state index contributed by atoms with van der Waals surface area (Å²) in [5.74, 6) is -0.211. The summed E-state index contributed by atoms with van der Waals surface area (Å²) in [4.78, 5) is 31.3. The van der Waals surface area contributed by atoms with Crippen molar-refractivity contribution in [2.75, 3.05) is 51.1 Å². The van der Waals surface area contributed by atoms with Crippen LogP contribution in [0.2, 0.25) is 0 Å². The van der Waals surface area contributed by atoms with E-state index >= 15 is 0 Å². The van der Waals surface area contributed by atoms with Crippen molar-refractivity contribution in [3.8, 4) is 0 Å². The molecule has 1 fully saturated rings. The number of carbonyl (C=O) groups is 2. The Morgan fingerprint density at radius 1 is 0.806 bits per heavy atom. The maximum absolute atomic E-state index is 13.2. The summed E-state index contributed by atoms with van der Waals surface area (Å²) in [7, 11) is 7.94. The number of anilines is 2. The minimum atomic E-state index is -0.185. The zero-order valence-electron chi connectivity index (χ0n) is 18.6. The van der Waals surface area contributed by atoms with E-state index in [0.29, 0.717) is 11.1 Å². The predicted octanol–water partition coefficient (Wildman–Crippen LogP) is 3.88. The summed E-state index contributed by atoms with van der Waals surface area (Å²) in [5, 5.41) is 0. The predicted molar refractivity (Wildman–Crippen MR) is 129 cm³/mol. The molecular weight excluding hydrogens is 386 g/mol. The van der Waals surface area contributed by atoms with E-state index in [4.69, 9.17) is 0 Å². The molecule has 0 atom stereocenters. The van der Waals surface area contributed by atoms with Crippen LogP contribution in [0.1, 0.15) is 11.1 Å². The van der Waals surface area contributed by atoms with Crippen LogP contribution in [-0.4, -0.2) is 57.9 Å². The number of benzene rings is 2. The van der Waals surface area contributed by atoms with Gasteiger partial charge in [-0.2, -0.15) is 0 Å². The van der Waals surface area contributed by atoms with Gasteiger partial charge in [0.15, 0.2) is 5.78 Å². The number of nitrogens with zero attached hydrogens (tertiary/aromatic N) is 3. The van der Waals surface area contributed by atoms with Crippen molar-refractivity contribution < 1.29 is 9.59 Å². The Morgan fingerprint density at radius 3 is 1.52 bits per heavy atom. The van der Waals surface area contributed by atoms with Crippen molar-refractivity contribution >= 4 is 35.2 Å². The second-order valence-corrected chi connectivity index (χ2v) is 8.04. The number of ketones is 1. The molecule has 1 aliphatic rings. The van der Waals surface area contributed by atoms with Gasteiger partial charge in [-0.3, -0.25) is 9.59 Å². The van der Waals surface area contributed by atoms with Crippen molar-refractivity contribution in [2.45, 2.75) is 0 Å². The third-order valence-corrected chi connectivity index (χ3v) is 5.29. The Hall–Kier alpha value is -3.60. The topological polar surface area (TPSA) is 43.9 Å². The third kappa shape index (κ3) is 5.31. The van der Waals surface area contributed by atoms with Crippen molar-refractivity contribution in [1.29, 1.82) is 0 Å². The smallest absolute Gasteiger partial charge is 0.246 e. The number of amides is 1. The summed E-state index contributed by atoms with van der Waals surface area (Å²) in [6.07, 6.45) is 5.03. The van der Waals surface area contributed by atoms with Gasteiger partial charge in [-0.25, -0.2) is 0 Å². The molecule has 0 unspecified atom stereocenters. The molecule has 1 heterocycles. The van der Waals surface area contributed by atoms with Gasteiger partial charge in [0.25, 0.3) is 0 Å². The van der Waals surface area contributed by atoms with E-state index < -0.39 is 0 Å². The average molecular weight is 416 g/mol. The van der Waals surface area contributed by atoms with E-state index in [1.54, 1.807) is 4.90 Å². The molecule has 3 rings (SSSR count). The Kier molecular flexibility index (Phi) is 6.75. The number of hydrogen-bond donors (Lipinski definition) is 0. The van der Waals surface area contributed by atoms with Gasteiger partial charge in [0.1, 0.15) is 0 Å². The van der Waals surface area contributed by atoms with E-state index in [9.17, 15) is 9.59 Å². The first-order valence-electron chi connectivity index (χ1n) is 10.2. The Morgan fingerprint density at radius 2 is 1.19 bits per heavy atom. The van der Waals surface area contributed by atoms with Gasteiger partial charge < -0.3 is 14.7 Å². The number of piperidine rings is 1. The minimum Gasteiger partial charge on any atom is -0.378 e. The fourth-order valence-corrected chi connectivity index (χ4v) is 3.46. The summed E-state index contributed by atoms with van der Waals surface area (Å²) in [6.45, 7) is 4.15. The number of hydrogen-bond acceptors (Lipinski definition) is 4. The van der Waals surface area contributed by atoms with Crippen molar-refractivity contribution in [1.82, 2.24) is 4.90 Å². The molecule has 0 bridgehead atoms. The monoisotopic (exact) mass is 415 g/mol. The average Bonchev–Trinajstić information content (AvgIpc) is 2.76. The fourth-order valence-electron chi connectivity index (χ4n) is 3.46. The molecule has 0 saturated carbocycles. The molecule has 160 valence electrons. The first-order chi connectivity index (χ1) is 14.8. The highest BCUT2D eigenvalue weighted by molar-refractivity contribution is 6.15. The van der Waals surface area contributed by atoms with E-state index in [1.807, 2.05) is 98.7 Å². The van der Waals surface area contributed by atoms with Gasteiger partial charge in [-0.15, -0.1) is 0 Å². The molecule has 1 amide bonds. The molecule has 0 aliphatic carbocycles. The first-order valence-corrected chi connectivity index (χ1v) is 10.2. The van der Waals surface area contributed by atoms with E-state index in [1.165, 1.54) is 6.08 Å². The van der Waals surface area contributed by atoms with Crippen molar-refractivity contribution in [3.05, 3.63) is 83.5 Å². The van der Waals surface area contributed by atoms with Gasteiger partial charge in [0.05, 0.1) is 13.1 Å². The van der Waals surface area contributed by atoms with E-state index in [-0.39, 0.29) is 24.8 Å². The molecule has 0 N–H and O–H groups in total. The van der Waals surface area contributed by atoms with Crippen LogP contribution in [-0.2, 0) is 9.59 Å². The van der Waals surface area contributed by atoms with Gasteiger partial charge in [0, 0.05) is 50.7 Å². The number of carbonyl (C=O) groups excluding carboxylic acids is 2. The lowest BCUT2D eigenvalue weighted by Crippen LogP contribution is -2.40. The van der Waals surface area contributed by atoms with Crippen LogP contribution in [0, 0.1) is 0 Å². The zero-order valence-corrected chi connectivity index (χ0v) is 18.6. The van der Waals surface area contributed by atoms with Gasteiger partial charge in [0.2, 0.25) is 5.91 Å². The molecule has 2 aromatic rings. The number of Topliss-reactive ketones (excluding diaryl/α,β-unsaturated/α-hetero) is 1. The second-order valence-electron chi connectivity index (χ2n) is 8.04. The van der Waals surface area contributed by atoms with Crippen LogP contribution < -0.4 is 9.80 Å². The van der Waals surface area contributed by atoms with Gasteiger partial charge in [-0.05, 0) is 53.6 Å². The summed E-state index contributed by atoms with van der Waals surface area (Å²) < 4.78 is 0. The molecule has 2 aromatic carbocycles. The van der Waals surface area contributed by atoms with Crippen LogP contribution >= 0.6 is 0 Å². The van der Waals surface area contributed by atoms with Crippen molar-refractivity contribution in [2.24, 2.45) is 0 Å². The molecule has 31 heavy (non-hydrogen) atoms. The third-order valence-electron chi connectivity index (χ3n) is 5.29. The fraction of sp³-hybridized carbons (Fsp3) is 0.231.